The molecular weight excluding hydrogens is 305 g/mol. The van der Waals surface area contributed by atoms with Crippen molar-refractivity contribution in [3.8, 4) is 6.07 Å². The topological polar surface area (TPSA) is 39.9 Å². The maximum Gasteiger partial charge on any atom is 0.148 e. The molecule has 5 heteroatoms. The Bertz CT molecular complexity index is 708. The largest absolute Gasteiger partial charge is 0.294 e. The quantitative estimate of drug-likeness (QED) is 0.790. The van der Waals surface area contributed by atoms with Crippen molar-refractivity contribution in [2.45, 2.75) is 19.5 Å². The molecule has 1 aromatic carbocycles. The second-order valence-electron chi connectivity index (χ2n) is 5.08. The van der Waals surface area contributed by atoms with E-state index in [0.717, 1.165) is 30.6 Å². The maximum atomic E-state index is 9.31. The molecule has 3 rings (SSSR count). The van der Waals surface area contributed by atoms with Crippen LogP contribution in [0.1, 0.15) is 22.3 Å². The lowest BCUT2D eigenvalue weighted by molar-refractivity contribution is 0.245. The van der Waals surface area contributed by atoms with E-state index in [-0.39, 0.29) is 5.15 Å². The van der Waals surface area contributed by atoms with Gasteiger partial charge in [0.15, 0.2) is 0 Å². The predicted molar refractivity (Wildman–Crippen MR) is 83.2 cm³/mol. The molecule has 2 heterocycles. The van der Waals surface area contributed by atoms with E-state index in [1.165, 1.54) is 5.56 Å². The molecule has 2 aromatic rings. The van der Waals surface area contributed by atoms with Gasteiger partial charge in [0.05, 0.1) is 5.56 Å². The summed E-state index contributed by atoms with van der Waals surface area (Å²) in [5.74, 6) is 0. The highest BCUT2D eigenvalue weighted by atomic mass is 35.5. The molecule has 0 amide bonds. The van der Waals surface area contributed by atoms with E-state index in [0.29, 0.717) is 17.3 Å². The van der Waals surface area contributed by atoms with Crippen molar-refractivity contribution in [2.24, 2.45) is 0 Å². The number of rotatable bonds is 2. The average Bonchev–Trinajstić information content (AvgIpc) is 2.48. The zero-order chi connectivity index (χ0) is 14.8. The Morgan fingerprint density at radius 2 is 1.90 bits per heavy atom. The average molecular weight is 318 g/mol. The van der Waals surface area contributed by atoms with Crippen LogP contribution in [-0.2, 0) is 19.5 Å². The third-order valence-electron chi connectivity index (χ3n) is 3.74. The van der Waals surface area contributed by atoms with E-state index in [2.05, 4.69) is 28.1 Å². The summed E-state index contributed by atoms with van der Waals surface area (Å²) in [5, 5.41) is 9.93. The Kier molecular flexibility index (Phi) is 4.12. The van der Waals surface area contributed by atoms with E-state index in [9.17, 15) is 5.26 Å². The van der Waals surface area contributed by atoms with Gasteiger partial charge in [0.25, 0.3) is 0 Å². The van der Waals surface area contributed by atoms with Gasteiger partial charge in [-0.2, -0.15) is 5.26 Å². The maximum absolute atomic E-state index is 9.31. The second kappa shape index (κ2) is 6.03. The summed E-state index contributed by atoms with van der Waals surface area (Å²) in [6.45, 7) is 2.42. The predicted octanol–water partition coefficient (Wildman–Crippen LogP) is 3.82. The Hall–Kier alpha value is -1.60. The number of aromatic nitrogens is 1. The number of hydrogen-bond acceptors (Lipinski definition) is 3. The summed E-state index contributed by atoms with van der Waals surface area (Å²) in [7, 11) is 0. The number of halogens is 2. The molecule has 0 spiro atoms. The molecule has 1 aliphatic heterocycles. The molecule has 0 saturated carbocycles. The normalized spacial score (nSPS) is 14.5. The molecule has 0 bridgehead atoms. The molecule has 0 N–H and O–H groups in total. The monoisotopic (exact) mass is 317 g/mol. The van der Waals surface area contributed by atoms with Gasteiger partial charge in [-0.15, -0.1) is 0 Å². The van der Waals surface area contributed by atoms with Crippen molar-refractivity contribution < 1.29 is 0 Å². The number of pyridine rings is 1. The van der Waals surface area contributed by atoms with Crippen molar-refractivity contribution in [2.75, 3.05) is 6.54 Å². The zero-order valence-corrected chi connectivity index (χ0v) is 12.8. The number of fused-ring (bicyclic) bond motifs is 1. The van der Waals surface area contributed by atoms with Gasteiger partial charge in [0, 0.05) is 19.6 Å². The van der Waals surface area contributed by atoms with Gasteiger partial charge >= 0.3 is 0 Å². The van der Waals surface area contributed by atoms with Gasteiger partial charge in [-0.25, -0.2) is 4.98 Å². The van der Waals surface area contributed by atoms with E-state index in [1.807, 2.05) is 18.2 Å². The van der Waals surface area contributed by atoms with Crippen LogP contribution >= 0.6 is 23.2 Å². The molecule has 0 radical (unpaired) electrons. The number of benzene rings is 1. The first-order valence-corrected chi connectivity index (χ1v) is 7.47. The Balaban J connectivity index is 1.90. The minimum absolute atomic E-state index is 0.197. The number of nitrogens with zero attached hydrogens (tertiary/aromatic N) is 3. The smallest absolute Gasteiger partial charge is 0.148 e. The van der Waals surface area contributed by atoms with Crippen LogP contribution in [0.3, 0.4) is 0 Å². The van der Waals surface area contributed by atoms with Crippen LogP contribution in [0, 0.1) is 11.3 Å². The van der Waals surface area contributed by atoms with Gasteiger partial charge in [-0.1, -0.05) is 53.5 Å². The van der Waals surface area contributed by atoms with Crippen LogP contribution in [-0.4, -0.2) is 16.4 Å². The van der Waals surface area contributed by atoms with Crippen molar-refractivity contribution in [3.63, 3.8) is 0 Å². The standard InChI is InChI=1S/C16H13Cl2N3/c17-15-12-6-7-21(9-11-4-2-1-3-5-11)10-14(12)13(8-19)16(18)20-15/h1-5H,6-7,9-10H2. The van der Waals surface area contributed by atoms with Crippen molar-refractivity contribution in [1.82, 2.24) is 9.88 Å². The summed E-state index contributed by atoms with van der Waals surface area (Å²) in [4.78, 5) is 6.35. The van der Waals surface area contributed by atoms with Crippen LogP contribution in [0.5, 0.6) is 0 Å². The summed E-state index contributed by atoms with van der Waals surface area (Å²) in [6, 6.07) is 12.4. The Morgan fingerprint density at radius 1 is 1.14 bits per heavy atom. The molecule has 3 nitrogen and oxygen atoms in total. The van der Waals surface area contributed by atoms with Crippen LogP contribution in [0.25, 0.3) is 0 Å². The number of nitriles is 1. The summed E-state index contributed by atoms with van der Waals surface area (Å²) < 4.78 is 0. The van der Waals surface area contributed by atoms with Gasteiger partial charge in [0.1, 0.15) is 16.4 Å². The summed E-state index contributed by atoms with van der Waals surface area (Å²) in [5.41, 5.74) is 3.59. The summed E-state index contributed by atoms with van der Waals surface area (Å²) in [6.07, 6.45) is 0.792. The SMILES string of the molecule is N#Cc1c(Cl)nc(Cl)c2c1CN(Cc1ccccc1)CC2. The van der Waals surface area contributed by atoms with Crippen molar-refractivity contribution >= 4 is 23.2 Å². The molecule has 0 saturated heterocycles. The first-order valence-electron chi connectivity index (χ1n) is 6.72. The molecule has 1 aliphatic rings. The number of hydrogen-bond donors (Lipinski definition) is 0. The van der Waals surface area contributed by atoms with Crippen LogP contribution in [0.2, 0.25) is 10.3 Å². The fourth-order valence-corrected chi connectivity index (χ4v) is 3.28. The molecule has 0 unspecified atom stereocenters. The van der Waals surface area contributed by atoms with Gasteiger partial charge < -0.3 is 0 Å². The molecule has 0 atom stereocenters. The summed E-state index contributed by atoms with van der Waals surface area (Å²) >= 11 is 12.2. The minimum atomic E-state index is 0.197. The molecule has 0 aliphatic carbocycles. The lowest BCUT2D eigenvalue weighted by Crippen LogP contribution is -2.31. The first-order chi connectivity index (χ1) is 10.2. The minimum Gasteiger partial charge on any atom is -0.294 e. The van der Waals surface area contributed by atoms with Crippen LogP contribution in [0.15, 0.2) is 30.3 Å². The lowest BCUT2D eigenvalue weighted by Gasteiger charge is -2.29. The zero-order valence-electron chi connectivity index (χ0n) is 11.3. The van der Waals surface area contributed by atoms with Crippen molar-refractivity contribution in [1.29, 1.82) is 5.26 Å². The Labute approximate surface area is 133 Å². The van der Waals surface area contributed by atoms with E-state index in [1.54, 1.807) is 0 Å². The molecule has 0 fully saturated rings. The third-order valence-corrected chi connectivity index (χ3v) is 4.32. The fourth-order valence-electron chi connectivity index (χ4n) is 2.70. The highest BCUT2D eigenvalue weighted by molar-refractivity contribution is 6.33. The molecule has 1 aromatic heterocycles. The first kappa shape index (κ1) is 14.3. The molecule has 21 heavy (non-hydrogen) atoms. The third kappa shape index (κ3) is 2.89. The Morgan fingerprint density at radius 3 is 2.62 bits per heavy atom. The molecule has 106 valence electrons. The second-order valence-corrected chi connectivity index (χ2v) is 5.80. The van der Waals surface area contributed by atoms with Crippen LogP contribution < -0.4 is 0 Å². The lowest BCUT2D eigenvalue weighted by atomic mass is 9.97. The van der Waals surface area contributed by atoms with E-state index in [4.69, 9.17) is 23.2 Å². The van der Waals surface area contributed by atoms with Gasteiger partial charge in [-0.3, -0.25) is 4.90 Å². The van der Waals surface area contributed by atoms with Crippen molar-refractivity contribution in [3.05, 3.63) is 62.9 Å². The fraction of sp³-hybridized carbons (Fsp3) is 0.250. The highest BCUT2D eigenvalue weighted by Crippen LogP contribution is 2.31. The molecular formula is C16H13Cl2N3. The van der Waals surface area contributed by atoms with Crippen LogP contribution in [0.4, 0.5) is 0 Å². The van der Waals surface area contributed by atoms with Gasteiger partial charge in [-0.05, 0) is 23.1 Å². The van der Waals surface area contributed by atoms with E-state index < -0.39 is 0 Å². The highest BCUT2D eigenvalue weighted by Gasteiger charge is 2.24. The van der Waals surface area contributed by atoms with Gasteiger partial charge in [0.2, 0.25) is 0 Å². The van der Waals surface area contributed by atoms with E-state index >= 15 is 0 Å².